The summed E-state index contributed by atoms with van der Waals surface area (Å²) in [7, 11) is 4.83. The SMILES string of the molecule is CNC(=O)[C@H](C)NC(=O)[C@H](CC(C)C)N(C)C(=O)[C@H](C)NC. The van der Waals surface area contributed by atoms with Gasteiger partial charge in [0.25, 0.3) is 0 Å². The minimum absolute atomic E-state index is 0.157. The van der Waals surface area contributed by atoms with Crippen molar-refractivity contribution in [2.45, 2.75) is 52.2 Å². The molecule has 0 fully saturated rings. The summed E-state index contributed by atoms with van der Waals surface area (Å²) in [4.78, 5) is 37.7. The van der Waals surface area contributed by atoms with Crippen LogP contribution in [-0.2, 0) is 14.4 Å². The van der Waals surface area contributed by atoms with Crippen molar-refractivity contribution in [1.82, 2.24) is 20.9 Å². The smallest absolute Gasteiger partial charge is 0.243 e. The maximum atomic E-state index is 12.5. The highest BCUT2D eigenvalue weighted by Crippen LogP contribution is 2.12. The zero-order valence-corrected chi connectivity index (χ0v) is 14.7. The lowest BCUT2D eigenvalue weighted by Crippen LogP contribution is -2.55. The molecule has 0 radical (unpaired) electrons. The highest BCUT2D eigenvalue weighted by atomic mass is 16.2. The summed E-state index contributed by atoms with van der Waals surface area (Å²) >= 11 is 0. The first-order valence-corrected chi connectivity index (χ1v) is 7.61. The van der Waals surface area contributed by atoms with Gasteiger partial charge in [-0.1, -0.05) is 13.8 Å². The number of carbonyl (C=O) groups excluding carboxylic acids is 3. The number of hydrogen-bond donors (Lipinski definition) is 3. The van der Waals surface area contributed by atoms with Gasteiger partial charge >= 0.3 is 0 Å². The van der Waals surface area contributed by atoms with Gasteiger partial charge in [0.2, 0.25) is 17.7 Å². The molecule has 0 aromatic carbocycles. The van der Waals surface area contributed by atoms with Gasteiger partial charge in [0.05, 0.1) is 6.04 Å². The lowest BCUT2D eigenvalue weighted by molar-refractivity contribution is -0.141. The Balaban J connectivity index is 5.07. The van der Waals surface area contributed by atoms with Gasteiger partial charge in [0, 0.05) is 14.1 Å². The second-order valence-corrected chi connectivity index (χ2v) is 5.95. The molecule has 0 bridgehead atoms. The van der Waals surface area contributed by atoms with Gasteiger partial charge in [-0.3, -0.25) is 14.4 Å². The van der Waals surface area contributed by atoms with Crippen molar-refractivity contribution < 1.29 is 14.4 Å². The van der Waals surface area contributed by atoms with Crippen LogP contribution in [0.25, 0.3) is 0 Å². The molecule has 7 nitrogen and oxygen atoms in total. The molecule has 22 heavy (non-hydrogen) atoms. The summed E-state index contributed by atoms with van der Waals surface area (Å²) in [5.74, 6) is -0.500. The molecule has 0 unspecified atom stereocenters. The minimum atomic E-state index is -0.641. The first-order valence-electron chi connectivity index (χ1n) is 7.61. The molecule has 3 amide bonds. The van der Waals surface area contributed by atoms with Crippen molar-refractivity contribution in [3.05, 3.63) is 0 Å². The van der Waals surface area contributed by atoms with E-state index in [-0.39, 0.29) is 29.7 Å². The average molecular weight is 314 g/mol. The topological polar surface area (TPSA) is 90.5 Å². The Morgan fingerprint density at radius 3 is 1.91 bits per heavy atom. The summed E-state index contributed by atoms with van der Waals surface area (Å²) < 4.78 is 0. The molecular formula is C15H30N4O3. The Bertz CT molecular complexity index is 398. The third-order valence-corrected chi connectivity index (χ3v) is 3.61. The summed E-state index contributed by atoms with van der Waals surface area (Å²) in [5.41, 5.74) is 0. The Morgan fingerprint density at radius 2 is 1.50 bits per heavy atom. The van der Waals surface area contributed by atoms with E-state index in [2.05, 4.69) is 16.0 Å². The fourth-order valence-electron chi connectivity index (χ4n) is 2.06. The molecular weight excluding hydrogens is 284 g/mol. The van der Waals surface area contributed by atoms with Gasteiger partial charge in [-0.2, -0.15) is 0 Å². The van der Waals surface area contributed by atoms with Crippen LogP contribution in [-0.4, -0.2) is 61.9 Å². The van der Waals surface area contributed by atoms with E-state index < -0.39 is 12.1 Å². The second kappa shape index (κ2) is 9.40. The fraction of sp³-hybridized carbons (Fsp3) is 0.800. The molecule has 0 rings (SSSR count). The summed E-state index contributed by atoms with van der Waals surface area (Å²) in [6, 6.07) is -1.61. The van der Waals surface area contributed by atoms with E-state index in [0.29, 0.717) is 6.42 Å². The number of hydrogen-bond acceptors (Lipinski definition) is 4. The number of carbonyl (C=O) groups is 3. The number of rotatable bonds is 8. The lowest BCUT2D eigenvalue weighted by atomic mass is 10.0. The van der Waals surface area contributed by atoms with Crippen molar-refractivity contribution in [3.8, 4) is 0 Å². The van der Waals surface area contributed by atoms with E-state index in [1.807, 2.05) is 13.8 Å². The molecule has 0 aliphatic heterocycles. The molecule has 0 aromatic heterocycles. The molecule has 128 valence electrons. The van der Waals surface area contributed by atoms with Gasteiger partial charge in [-0.05, 0) is 33.2 Å². The summed E-state index contributed by atoms with van der Waals surface area (Å²) in [6.07, 6.45) is 0.533. The van der Waals surface area contributed by atoms with Gasteiger partial charge < -0.3 is 20.9 Å². The van der Waals surface area contributed by atoms with E-state index in [1.54, 1.807) is 27.9 Å². The van der Waals surface area contributed by atoms with Crippen molar-refractivity contribution >= 4 is 17.7 Å². The van der Waals surface area contributed by atoms with E-state index in [0.717, 1.165) is 0 Å². The molecule has 3 atom stereocenters. The quantitative estimate of drug-likeness (QED) is 0.575. The molecule has 3 N–H and O–H groups in total. The molecule has 0 aliphatic rings. The predicted octanol–water partition coefficient (Wildman–Crippen LogP) is -0.282. The average Bonchev–Trinajstić information content (AvgIpc) is 2.48. The Hall–Kier alpha value is -1.63. The van der Waals surface area contributed by atoms with Crippen LogP contribution >= 0.6 is 0 Å². The number of likely N-dealkylation sites (N-methyl/N-ethyl adjacent to an activating group) is 3. The standard InChI is InChI=1S/C15H30N4O3/c1-9(2)8-12(19(7)15(22)11(4)16-5)14(21)18-10(3)13(20)17-6/h9-12,16H,8H2,1-7H3,(H,17,20)(H,18,21)/t10-,11-,12-/m0/s1. The lowest BCUT2D eigenvalue weighted by Gasteiger charge is -2.31. The van der Waals surface area contributed by atoms with Crippen LogP contribution in [0.5, 0.6) is 0 Å². The van der Waals surface area contributed by atoms with Crippen molar-refractivity contribution in [2.75, 3.05) is 21.1 Å². The van der Waals surface area contributed by atoms with Crippen LogP contribution in [0.2, 0.25) is 0 Å². The predicted molar refractivity (Wildman–Crippen MR) is 86.2 cm³/mol. The zero-order chi connectivity index (χ0) is 17.4. The van der Waals surface area contributed by atoms with Crippen molar-refractivity contribution in [3.63, 3.8) is 0 Å². The van der Waals surface area contributed by atoms with Crippen molar-refractivity contribution in [2.24, 2.45) is 5.92 Å². The Morgan fingerprint density at radius 1 is 0.955 bits per heavy atom. The molecule has 0 heterocycles. The third-order valence-electron chi connectivity index (χ3n) is 3.61. The normalized spacial score (nSPS) is 14.9. The zero-order valence-electron chi connectivity index (χ0n) is 14.7. The summed E-state index contributed by atoms with van der Waals surface area (Å²) in [6.45, 7) is 7.34. The number of amides is 3. The largest absolute Gasteiger partial charge is 0.357 e. The first-order chi connectivity index (χ1) is 10.1. The fourth-order valence-corrected chi connectivity index (χ4v) is 2.06. The van der Waals surface area contributed by atoms with Gasteiger partial charge in [0.1, 0.15) is 12.1 Å². The van der Waals surface area contributed by atoms with Crippen LogP contribution in [0.4, 0.5) is 0 Å². The van der Waals surface area contributed by atoms with Crippen LogP contribution in [0, 0.1) is 5.92 Å². The Kier molecular flexibility index (Phi) is 8.70. The number of nitrogens with one attached hydrogen (secondary N) is 3. The molecule has 0 aromatic rings. The van der Waals surface area contributed by atoms with Gasteiger partial charge in [0.15, 0.2) is 0 Å². The maximum Gasteiger partial charge on any atom is 0.243 e. The van der Waals surface area contributed by atoms with Crippen LogP contribution < -0.4 is 16.0 Å². The first kappa shape index (κ1) is 20.4. The molecule has 0 saturated carbocycles. The van der Waals surface area contributed by atoms with Crippen LogP contribution in [0.15, 0.2) is 0 Å². The minimum Gasteiger partial charge on any atom is -0.357 e. The molecule has 0 spiro atoms. The van der Waals surface area contributed by atoms with Gasteiger partial charge in [-0.25, -0.2) is 0 Å². The second-order valence-electron chi connectivity index (χ2n) is 5.95. The monoisotopic (exact) mass is 314 g/mol. The van der Waals surface area contributed by atoms with E-state index in [4.69, 9.17) is 0 Å². The molecule has 0 saturated heterocycles. The maximum absolute atomic E-state index is 12.5. The molecule has 0 aliphatic carbocycles. The highest BCUT2D eigenvalue weighted by Gasteiger charge is 2.31. The van der Waals surface area contributed by atoms with E-state index in [1.165, 1.54) is 11.9 Å². The van der Waals surface area contributed by atoms with Crippen molar-refractivity contribution in [1.29, 1.82) is 0 Å². The molecule has 7 heteroatoms. The van der Waals surface area contributed by atoms with E-state index >= 15 is 0 Å². The van der Waals surface area contributed by atoms with Crippen LogP contribution in [0.1, 0.15) is 34.1 Å². The third kappa shape index (κ3) is 6.01. The Labute approximate surface area is 133 Å². The number of nitrogens with zero attached hydrogens (tertiary/aromatic N) is 1. The van der Waals surface area contributed by atoms with E-state index in [9.17, 15) is 14.4 Å². The highest BCUT2D eigenvalue weighted by molar-refractivity contribution is 5.92. The summed E-state index contributed by atoms with van der Waals surface area (Å²) in [5, 5.41) is 8.02. The van der Waals surface area contributed by atoms with Crippen LogP contribution in [0.3, 0.4) is 0 Å². The van der Waals surface area contributed by atoms with Gasteiger partial charge in [-0.15, -0.1) is 0 Å².